The van der Waals surface area contributed by atoms with E-state index in [1.165, 1.54) is 0 Å². The number of aromatic hydroxyl groups is 1. The highest BCUT2D eigenvalue weighted by molar-refractivity contribution is 6.03. The van der Waals surface area contributed by atoms with Gasteiger partial charge in [0.2, 0.25) is 0 Å². The highest BCUT2D eigenvalue weighted by Crippen LogP contribution is 2.27. The fraction of sp³-hybridized carbons (Fsp3) is 0.562. The van der Waals surface area contributed by atoms with Crippen LogP contribution in [0.15, 0.2) is 12.1 Å². The molecule has 110 valence electrons. The summed E-state index contributed by atoms with van der Waals surface area (Å²) in [7, 11) is 0. The van der Waals surface area contributed by atoms with Crippen molar-refractivity contribution in [2.45, 2.75) is 33.2 Å². The van der Waals surface area contributed by atoms with E-state index >= 15 is 0 Å². The van der Waals surface area contributed by atoms with E-state index in [1.54, 1.807) is 12.1 Å². The Balaban J connectivity index is 2.29. The summed E-state index contributed by atoms with van der Waals surface area (Å²) in [6.45, 7) is 10.4. The van der Waals surface area contributed by atoms with Gasteiger partial charge >= 0.3 is 0 Å². The van der Waals surface area contributed by atoms with Gasteiger partial charge in [0.05, 0.1) is 18.8 Å². The van der Waals surface area contributed by atoms with Gasteiger partial charge < -0.3 is 9.84 Å². The Bertz CT molecular complexity index is 493. The molecule has 0 aliphatic carbocycles. The first-order chi connectivity index (χ1) is 9.34. The van der Waals surface area contributed by atoms with Crippen LogP contribution in [0.4, 0.5) is 0 Å². The van der Waals surface area contributed by atoms with Crippen molar-refractivity contribution in [3.05, 3.63) is 28.8 Å². The number of nitrogens with zero attached hydrogens (tertiary/aromatic N) is 1. The molecule has 0 saturated carbocycles. The van der Waals surface area contributed by atoms with Gasteiger partial charge in [0.25, 0.3) is 0 Å². The number of phenolic OH excluding ortho intramolecular Hbond substituents is 1. The first-order valence-corrected chi connectivity index (χ1v) is 7.02. The van der Waals surface area contributed by atoms with Crippen molar-refractivity contribution in [1.29, 1.82) is 0 Å². The summed E-state index contributed by atoms with van der Waals surface area (Å²) in [4.78, 5) is 15.0. The van der Waals surface area contributed by atoms with E-state index in [9.17, 15) is 9.90 Å². The van der Waals surface area contributed by atoms with Crippen LogP contribution in [0.3, 0.4) is 0 Å². The predicted octanol–water partition coefficient (Wildman–Crippen LogP) is 2.30. The lowest BCUT2D eigenvalue weighted by Gasteiger charge is -2.39. The van der Waals surface area contributed by atoms with Crippen molar-refractivity contribution in [2.24, 2.45) is 0 Å². The molecular formula is C16H23NO3. The number of morpholine rings is 1. The van der Waals surface area contributed by atoms with Crippen LogP contribution in [0.5, 0.6) is 5.75 Å². The molecule has 0 radical (unpaired) electrons. The van der Waals surface area contributed by atoms with Gasteiger partial charge in [-0.3, -0.25) is 9.69 Å². The van der Waals surface area contributed by atoms with Crippen LogP contribution in [-0.4, -0.2) is 47.6 Å². The Kier molecular flexibility index (Phi) is 4.16. The minimum atomic E-state index is -0.556. The third kappa shape index (κ3) is 2.72. The molecule has 1 N–H and O–H groups in total. The van der Waals surface area contributed by atoms with Crippen LogP contribution in [-0.2, 0) is 4.74 Å². The lowest BCUT2D eigenvalue weighted by molar-refractivity contribution is -0.00430. The van der Waals surface area contributed by atoms with Crippen molar-refractivity contribution in [1.82, 2.24) is 4.90 Å². The molecule has 1 saturated heterocycles. The molecule has 0 atom stereocenters. The Morgan fingerprint density at radius 2 is 1.70 bits per heavy atom. The number of ketones is 1. The second-order valence-electron chi connectivity index (χ2n) is 5.95. The molecular weight excluding hydrogens is 254 g/mol. The number of hydrogen-bond acceptors (Lipinski definition) is 4. The van der Waals surface area contributed by atoms with Crippen LogP contribution in [0.25, 0.3) is 0 Å². The normalized spacial score (nSPS) is 17.2. The van der Waals surface area contributed by atoms with Crippen LogP contribution < -0.4 is 0 Å². The van der Waals surface area contributed by atoms with Gasteiger partial charge in [-0.05, 0) is 51.0 Å². The number of carbonyl (C=O) groups is 1. The molecule has 1 aromatic carbocycles. The standard InChI is InChI=1S/C16H23NO3/c1-11-9-13(10-12(2)14(11)18)15(19)16(3,4)17-5-7-20-8-6-17/h9-10,18H,5-8H2,1-4H3. The Morgan fingerprint density at radius 1 is 1.20 bits per heavy atom. The smallest absolute Gasteiger partial charge is 0.182 e. The molecule has 1 aliphatic rings. The van der Waals surface area contributed by atoms with Crippen molar-refractivity contribution >= 4 is 5.78 Å². The molecule has 1 aromatic rings. The SMILES string of the molecule is Cc1cc(C(=O)C(C)(C)N2CCOCC2)cc(C)c1O. The largest absolute Gasteiger partial charge is 0.507 e. The molecule has 1 aliphatic heterocycles. The molecule has 4 nitrogen and oxygen atoms in total. The lowest BCUT2D eigenvalue weighted by Crippen LogP contribution is -2.54. The summed E-state index contributed by atoms with van der Waals surface area (Å²) >= 11 is 0. The predicted molar refractivity (Wildman–Crippen MR) is 78.4 cm³/mol. The van der Waals surface area contributed by atoms with Crippen molar-refractivity contribution < 1.29 is 14.6 Å². The Hall–Kier alpha value is -1.39. The molecule has 2 rings (SSSR count). The number of hydrogen-bond donors (Lipinski definition) is 1. The molecule has 0 aromatic heterocycles. The van der Waals surface area contributed by atoms with Crippen LogP contribution in [0.1, 0.15) is 35.3 Å². The maximum atomic E-state index is 12.8. The third-order valence-corrected chi connectivity index (χ3v) is 4.11. The molecule has 0 amide bonds. The Labute approximate surface area is 120 Å². The van der Waals surface area contributed by atoms with E-state index in [0.717, 1.165) is 24.2 Å². The van der Waals surface area contributed by atoms with E-state index in [1.807, 2.05) is 27.7 Å². The van der Waals surface area contributed by atoms with E-state index in [0.29, 0.717) is 18.8 Å². The topological polar surface area (TPSA) is 49.8 Å². The molecule has 0 bridgehead atoms. The van der Waals surface area contributed by atoms with Gasteiger partial charge in [-0.15, -0.1) is 0 Å². The minimum absolute atomic E-state index is 0.0885. The molecule has 1 heterocycles. The average molecular weight is 277 g/mol. The molecule has 20 heavy (non-hydrogen) atoms. The summed E-state index contributed by atoms with van der Waals surface area (Å²) < 4.78 is 5.35. The van der Waals surface area contributed by atoms with Crippen LogP contribution in [0, 0.1) is 13.8 Å². The van der Waals surface area contributed by atoms with Crippen molar-refractivity contribution in [3.8, 4) is 5.75 Å². The number of rotatable bonds is 3. The molecule has 1 fully saturated rings. The first kappa shape index (κ1) is 15.0. The van der Waals surface area contributed by atoms with Gasteiger partial charge in [0, 0.05) is 18.7 Å². The fourth-order valence-electron chi connectivity index (χ4n) is 2.71. The van der Waals surface area contributed by atoms with Crippen LogP contribution in [0.2, 0.25) is 0 Å². The van der Waals surface area contributed by atoms with Crippen molar-refractivity contribution in [2.75, 3.05) is 26.3 Å². The maximum absolute atomic E-state index is 12.8. The van der Waals surface area contributed by atoms with E-state index in [2.05, 4.69) is 4.90 Å². The minimum Gasteiger partial charge on any atom is -0.507 e. The number of ether oxygens (including phenoxy) is 1. The summed E-state index contributed by atoms with van der Waals surface area (Å²) in [5.74, 6) is 0.358. The number of carbonyl (C=O) groups excluding carboxylic acids is 1. The monoisotopic (exact) mass is 277 g/mol. The fourth-order valence-corrected chi connectivity index (χ4v) is 2.71. The summed E-state index contributed by atoms with van der Waals surface area (Å²) in [5, 5.41) is 9.83. The second kappa shape index (κ2) is 5.54. The number of Topliss-reactive ketones (excluding diaryl/α,β-unsaturated/α-hetero) is 1. The quantitative estimate of drug-likeness (QED) is 0.861. The van der Waals surface area contributed by atoms with E-state index in [-0.39, 0.29) is 11.5 Å². The third-order valence-electron chi connectivity index (χ3n) is 4.11. The van der Waals surface area contributed by atoms with Gasteiger partial charge in [-0.25, -0.2) is 0 Å². The van der Waals surface area contributed by atoms with Crippen LogP contribution >= 0.6 is 0 Å². The number of aryl methyl sites for hydroxylation is 2. The van der Waals surface area contributed by atoms with Gasteiger partial charge in [-0.2, -0.15) is 0 Å². The zero-order valence-corrected chi connectivity index (χ0v) is 12.7. The Morgan fingerprint density at radius 3 is 2.20 bits per heavy atom. The molecule has 0 spiro atoms. The number of phenols is 1. The average Bonchev–Trinajstić information content (AvgIpc) is 2.44. The molecule has 4 heteroatoms. The van der Waals surface area contributed by atoms with E-state index in [4.69, 9.17) is 4.74 Å². The van der Waals surface area contributed by atoms with Gasteiger partial charge in [0.15, 0.2) is 5.78 Å². The highest BCUT2D eigenvalue weighted by atomic mass is 16.5. The number of benzene rings is 1. The zero-order chi connectivity index (χ0) is 14.9. The summed E-state index contributed by atoms with van der Waals surface area (Å²) in [6, 6.07) is 3.54. The van der Waals surface area contributed by atoms with Gasteiger partial charge in [0.1, 0.15) is 5.75 Å². The highest BCUT2D eigenvalue weighted by Gasteiger charge is 2.36. The summed E-state index contributed by atoms with van der Waals surface area (Å²) in [6.07, 6.45) is 0. The first-order valence-electron chi connectivity index (χ1n) is 7.02. The van der Waals surface area contributed by atoms with Gasteiger partial charge in [-0.1, -0.05) is 0 Å². The lowest BCUT2D eigenvalue weighted by atomic mass is 9.89. The molecule has 0 unspecified atom stereocenters. The maximum Gasteiger partial charge on any atom is 0.182 e. The zero-order valence-electron chi connectivity index (χ0n) is 12.7. The second-order valence-corrected chi connectivity index (χ2v) is 5.95. The summed E-state index contributed by atoms with van der Waals surface area (Å²) in [5.41, 5.74) is 1.59. The van der Waals surface area contributed by atoms with Crippen molar-refractivity contribution in [3.63, 3.8) is 0 Å². The van der Waals surface area contributed by atoms with E-state index < -0.39 is 5.54 Å².